The standard InChI is InChI=1S/C28H22ClFN2O5S/c1-3-36-20-12-7-16(13-21(20)37-4-2)24-23(25(33)15-5-9-18(30)10-6-15)26(34)27(35)32(24)28-31-19-11-8-17(29)14-22(19)38-28/h5-14,24,33H,3-4H2,1-2H3. The van der Waals surface area contributed by atoms with Crippen LogP contribution >= 0.6 is 22.9 Å². The van der Waals surface area contributed by atoms with E-state index < -0.39 is 29.3 Å². The second-order valence-corrected chi connectivity index (χ2v) is 9.80. The molecule has 1 N–H and O–H groups in total. The van der Waals surface area contributed by atoms with Gasteiger partial charge in [-0.25, -0.2) is 9.37 Å². The van der Waals surface area contributed by atoms with E-state index in [4.69, 9.17) is 21.1 Å². The van der Waals surface area contributed by atoms with Crippen LogP contribution in [0.3, 0.4) is 0 Å². The van der Waals surface area contributed by atoms with Crippen molar-refractivity contribution in [2.24, 2.45) is 0 Å². The number of aliphatic hydroxyl groups is 1. The van der Waals surface area contributed by atoms with Crippen molar-refractivity contribution in [2.45, 2.75) is 19.9 Å². The molecule has 1 fully saturated rings. The Bertz CT molecular complexity index is 1580. The van der Waals surface area contributed by atoms with E-state index >= 15 is 0 Å². The number of carbonyl (C=O) groups is 2. The lowest BCUT2D eigenvalue weighted by atomic mass is 9.95. The predicted molar refractivity (Wildman–Crippen MR) is 145 cm³/mol. The molecule has 1 amide bonds. The molecule has 3 aromatic carbocycles. The molecule has 0 bridgehead atoms. The zero-order valence-electron chi connectivity index (χ0n) is 20.4. The van der Waals surface area contributed by atoms with E-state index in [0.717, 1.165) is 4.70 Å². The normalized spacial score (nSPS) is 16.8. The summed E-state index contributed by atoms with van der Waals surface area (Å²) in [6.45, 7) is 4.45. The van der Waals surface area contributed by atoms with Gasteiger partial charge in [0, 0.05) is 10.6 Å². The summed E-state index contributed by atoms with van der Waals surface area (Å²) in [5.74, 6) is -1.73. The van der Waals surface area contributed by atoms with Crippen LogP contribution in [0.2, 0.25) is 5.02 Å². The summed E-state index contributed by atoms with van der Waals surface area (Å²) in [6.07, 6.45) is 0. The minimum absolute atomic E-state index is 0.148. The fraction of sp³-hybridized carbons (Fsp3) is 0.179. The van der Waals surface area contributed by atoms with Gasteiger partial charge in [-0.3, -0.25) is 14.5 Å². The van der Waals surface area contributed by atoms with Crippen molar-refractivity contribution in [1.82, 2.24) is 4.98 Å². The van der Waals surface area contributed by atoms with Crippen LogP contribution < -0.4 is 14.4 Å². The van der Waals surface area contributed by atoms with Crippen molar-refractivity contribution in [3.05, 3.63) is 88.2 Å². The number of hydrogen-bond acceptors (Lipinski definition) is 7. The number of thiazole rings is 1. The Balaban J connectivity index is 1.73. The molecule has 7 nitrogen and oxygen atoms in total. The van der Waals surface area contributed by atoms with Gasteiger partial charge in [0.2, 0.25) is 0 Å². The molecule has 1 aromatic heterocycles. The average Bonchev–Trinajstić information content (AvgIpc) is 3.43. The second-order valence-electron chi connectivity index (χ2n) is 8.36. The number of nitrogens with zero attached hydrogens (tertiary/aromatic N) is 2. The van der Waals surface area contributed by atoms with Gasteiger partial charge >= 0.3 is 5.91 Å². The maximum Gasteiger partial charge on any atom is 0.301 e. The highest BCUT2D eigenvalue weighted by Crippen LogP contribution is 2.46. The van der Waals surface area contributed by atoms with Gasteiger partial charge in [-0.1, -0.05) is 29.0 Å². The molecule has 1 aliphatic heterocycles. The Morgan fingerprint density at radius 2 is 1.74 bits per heavy atom. The van der Waals surface area contributed by atoms with Crippen molar-refractivity contribution in [3.63, 3.8) is 0 Å². The number of rotatable bonds is 7. The van der Waals surface area contributed by atoms with Gasteiger partial charge in [0.1, 0.15) is 11.6 Å². The number of aliphatic hydroxyl groups excluding tert-OH is 1. The lowest BCUT2D eigenvalue weighted by Gasteiger charge is -2.24. The minimum atomic E-state index is -1.04. The SMILES string of the molecule is CCOc1ccc(C2C(=C(O)c3ccc(F)cc3)C(=O)C(=O)N2c2nc3ccc(Cl)cc3s2)cc1OCC. The summed E-state index contributed by atoms with van der Waals surface area (Å²) in [6, 6.07) is 14.2. The maximum atomic E-state index is 13.6. The topological polar surface area (TPSA) is 89.0 Å². The fourth-order valence-electron chi connectivity index (χ4n) is 4.34. The monoisotopic (exact) mass is 552 g/mol. The van der Waals surface area contributed by atoms with E-state index in [0.29, 0.717) is 40.8 Å². The first kappa shape index (κ1) is 25.7. The molecule has 1 unspecified atom stereocenters. The molecule has 2 heterocycles. The number of amides is 1. The van der Waals surface area contributed by atoms with E-state index in [-0.39, 0.29) is 16.3 Å². The van der Waals surface area contributed by atoms with Gasteiger partial charge in [-0.15, -0.1) is 0 Å². The van der Waals surface area contributed by atoms with Crippen LogP contribution in [-0.4, -0.2) is 35.0 Å². The van der Waals surface area contributed by atoms with Crippen molar-refractivity contribution < 1.29 is 28.6 Å². The van der Waals surface area contributed by atoms with Crippen LogP contribution in [0.15, 0.2) is 66.2 Å². The smallest absolute Gasteiger partial charge is 0.301 e. The Morgan fingerprint density at radius 1 is 1.03 bits per heavy atom. The molecule has 1 atom stereocenters. The molecule has 0 spiro atoms. The van der Waals surface area contributed by atoms with E-state index in [1.807, 2.05) is 13.8 Å². The fourth-order valence-corrected chi connectivity index (χ4v) is 5.60. The number of hydrogen-bond donors (Lipinski definition) is 1. The number of anilines is 1. The molecule has 0 aliphatic carbocycles. The number of aromatic nitrogens is 1. The van der Waals surface area contributed by atoms with Crippen LogP contribution in [0.5, 0.6) is 11.5 Å². The molecule has 5 rings (SSSR count). The van der Waals surface area contributed by atoms with Gasteiger partial charge in [-0.2, -0.15) is 0 Å². The molecule has 10 heteroatoms. The third-order valence-corrected chi connectivity index (χ3v) is 7.24. The highest BCUT2D eigenvalue weighted by Gasteiger charge is 2.48. The number of carbonyl (C=O) groups excluding carboxylic acids is 2. The molecule has 4 aromatic rings. The summed E-state index contributed by atoms with van der Waals surface area (Å²) >= 11 is 7.34. The van der Waals surface area contributed by atoms with Gasteiger partial charge in [0.15, 0.2) is 16.6 Å². The average molecular weight is 553 g/mol. The van der Waals surface area contributed by atoms with Crippen LogP contribution in [-0.2, 0) is 9.59 Å². The number of benzene rings is 3. The largest absolute Gasteiger partial charge is 0.507 e. The number of ketones is 1. The van der Waals surface area contributed by atoms with Gasteiger partial charge in [0.05, 0.1) is 35.0 Å². The zero-order chi connectivity index (χ0) is 27.0. The van der Waals surface area contributed by atoms with E-state index in [9.17, 15) is 19.1 Å². The van der Waals surface area contributed by atoms with Crippen LogP contribution in [0.25, 0.3) is 16.0 Å². The molecule has 194 valence electrons. The van der Waals surface area contributed by atoms with E-state index in [1.54, 1.807) is 36.4 Å². The Labute approximate surface area is 226 Å². The maximum absolute atomic E-state index is 13.6. The summed E-state index contributed by atoms with van der Waals surface area (Å²) in [4.78, 5) is 32.7. The third kappa shape index (κ3) is 4.59. The quantitative estimate of drug-likeness (QED) is 0.160. The van der Waals surface area contributed by atoms with Gasteiger partial charge in [-0.05, 0) is 74.0 Å². The molecular weight excluding hydrogens is 531 g/mol. The summed E-state index contributed by atoms with van der Waals surface area (Å²) < 4.78 is 25.8. The van der Waals surface area contributed by atoms with Crippen molar-refractivity contribution >= 4 is 55.7 Å². The predicted octanol–water partition coefficient (Wildman–Crippen LogP) is 6.51. The Hall–Kier alpha value is -3.95. The number of Topliss-reactive ketones (excluding diaryl/α,β-unsaturated/α-hetero) is 1. The summed E-state index contributed by atoms with van der Waals surface area (Å²) in [5, 5.41) is 12.0. The van der Waals surface area contributed by atoms with Crippen LogP contribution in [0, 0.1) is 5.82 Å². The number of fused-ring (bicyclic) bond motifs is 1. The van der Waals surface area contributed by atoms with Crippen LogP contribution in [0.1, 0.15) is 31.0 Å². The van der Waals surface area contributed by atoms with Crippen molar-refractivity contribution in [2.75, 3.05) is 18.1 Å². The van der Waals surface area contributed by atoms with Gasteiger partial charge < -0.3 is 14.6 Å². The first-order valence-corrected chi connectivity index (χ1v) is 13.0. The molecule has 38 heavy (non-hydrogen) atoms. The molecule has 0 radical (unpaired) electrons. The lowest BCUT2D eigenvalue weighted by Crippen LogP contribution is -2.29. The minimum Gasteiger partial charge on any atom is -0.507 e. The first-order chi connectivity index (χ1) is 18.3. The van der Waals surface area contributed by atoms with E-state index in [1.165, 1.54) is 40.5 Å². The third-order valence-electron chi connectivity index (χ3n) is 5.99. The zero-order valence-corrected chi connectivity index (χ0v) is 22.0. The first-order valence-electron chi connectivity index (χ1n) is 11.8. The number of ether oxygens (including phenoxy) is 2. The Kier molecular flexibility index (Phi) is 7.05. The van der Waals surface area contributed by atoms with Gasteiger partial charge in [0.25, 0.3) is 5.78 Å². The molecule has 1 saturated heterocycles. The van der Waals surface area contributed by atoms with Crippen LogP contribution in [0.4, 0.5) is 9.52 Å². The second kappa shape index (κ2) is 10.4. The molecule has 1 aliphatic rings. The molecule has 0 saturated carbocycles. The van der Waals surface area contributed by atoms with Crippen molar-refractivity contribution in [1.29, 1.82) is 0 Å². The summed E-state index contributed by atoms with van der Waals surface area (Å²) in [7, 11) is 0. The molecular formula is C28H22ClFN2O5S. The summed E-state index contributed by atoms with van der Waals surface area (Å²) in [5.41, 5.74) is 1.15. The Morgan fingerprint density at radius 3 is 2.45 bits per heavy atom. The highest BCUT2D eigenvalue weighted by atomic mass is 35.5. The lowest BCUT2D eigenvalue weighted by molar-refractivity contribution is -0.132. The number of halogens is 2. The van der Waals surface area contributed by atoms with E-state index in [2.05, 4.69) is 4.98 Å². The van der Waals surface area contributed by atoms with Crippen molar-refractivity contribution in [3.8, 4) is 11.5 Å². The highest BCUT2D eigenvalue weighted by molar-refractivity contribution is 7.22.